The molecule has 5 heterocycles. The standard InChI is InChI=1S/C47H52N8O8/c1-25(2)39(53-47(59)61-4)44(56)54-16-8-11-36(54)43-50-34-15-13-28-19-33-31-14-12-29(18-30(31)24-62-38(33)20-32(28)40(34)52-43)35-21-49-42(51-35)37-17-26(23-60-3)22-55(37)45(57)41(63-46(48)58)27-9-6-5-7-10-27/h5-7,9-10,12,14,18-21,25-26,36-37,39,41H,8,11,13,15-17,22-24H2,1-4H3,(H2,48,58)(H,49,51)(H,50,52)(H,53,59)/t26-,36-,37-,39?,41?/m0/s1. The number of rotatable bonds is 11. The van der Waals surface area contributed by atoms with Crippen LogP contribution in [0.4, 0.5) is 9.59 Å². The number of methoxy groups -OCH3 is 2. The Labute approximate surface area is 364 Å². The van der Waals surface area contributed by atoms with Crippen LogP contribution in [0.2, 0.25) is 0 Å². The fourth-order valence-corrected chi connectivity index (χ4v) is 9.71. The topological polar surface area (TPSA) is 207 Å². The lowest BCUT2D eigenvalue weighted by molar-refractivity contribution is -0.142. The Morgan fingerprint density at radius 3 is 2.51 bits per heavy atom. The number of ether oxygens (including phenoxy) is 4. The van der Waals surface area contributed by atoms with Crippen LogP contribution in [0.5, 0.6) is 5.75 Å². The first kappa shape index (κ1) is 41.7. The van der Waals surface area contributed by atoms with E-state index in [1.54, 1.807) is 42.5 Å². The summed E-state index contributed by atoms with van der Waals surface area (Å²) >= 11 is 0. The number of amides is 4. The number of H-pyrrole nitrogens is 2. The number of nitrogens with zero attached hydrogens (tertiary/aromatic N) is 4. The summed E-state index contributed by atoms with van der Waals surface area (Å²) in [5, 5.41) is 2.73. The zero-order valence-electron chi connectivity index (χ0n) is 35.8. The van der Waals surface area contributed by atoms with Crippen molar-refractivity contribution in [3.63, 3.8) is 0 Å². The van der Waals surface area contributed by atoms with Crippen LogP contribution in [0.1, 0.15) is 85.3 Å². The predicted molar refractivity (Wildman–Crippen MR) is 231 cm³/mol. The number of benzene rings is 3. The van der Waals surface area contributed by atoms with Crippen LogP contribution >= 0.6 is 0 Å². The van der Waals surface area contributed by atoms with Crippen molar-refractivity contribution in [1.82, 2.24) is 35.1 Å². The van der Waals surface area contributed by atoms with Gasteiger partial charge in [-0.1, -0.05) is 56.3 Å². The molecule has 2 saturated heterocycles. The molecule has 3 aliphatic heterocycles. The number of aromatic amines is 2. The highest BCUT2D eigenvalue weighted by Crippen LogP contribution is 2.46. The van der Waals surface area contributed by atoms with Crippen molar-refractivity contribution < 1.29 is 38.1 Å². The molecule has 16 heteroatoms. The smallest absolute Gasteiger partial charge is 0.407 e. The molecule has 0 radical (unpaired) electrons. The first-order valence-corrected chi connectivity index (χ1v) is 21.5. The van der Waals surface area contributed by atoms with Gasteiger partial charge in [0.2, 0.25) is 12.0 Å². The summed E-state index contributed by atoms with van der Waals surface area (Å²) in [4.78, 5) is 72.5. The number of fused-ring (bicyclic) bond motifs is 6. The molecule has 0 saturated carbocycles. The van der Waals surface area contributed by atoms with E-state index >= 15 is 0 Å². The van der Waals surface area contributed by atoms with E-state index in [0.717, 1.165) is 82.2 Å². The van der Waals surface area contributed by atoms with E-state index in [-0.39, 0.29) is 29.7 Å². The van der Waals surface area contributed by atoms with E-state index in [4.69, 9.17) is 34.6 Å². The van der Waals surface area contributed by atoms with Crippen molar-refractivity contribution in [3.05, 3.63) is 101 Å². The lowest BCUT2D eigenvalue weighted by atomic mass is 9.86. The summed E-state index contributed by atoms with van der Waals surface area (Å²) in [7, 11) is 2.93. The fraction of sp³-hybridized carbons (Fsp3) is 0.404. The maximum Gasteiger partial charge on any atom is 0.407 e. The van der Waals surface area contributed by atoms with Gasteiger partial charge in [-0.3, -0.25) is 9.59 Å². The second-order valence-corrected chi connectivity index (χ2v) is 17.1. The SMILES string of the molecule is COC[C@H]1C[C@@H](c2ncc(-c3ccc4c(c3)COc3cc5c(cc3-4)CCc3[nH]c([C@@H]4CCCN4C(=O)C(NC(=O)OC)C(C)C)nc3-5)[nH]2)N(C(=O)C(OC(N)=O)c2ccccc2)C1. The Bertz CT molecular complexity index is 2550. The van der Waals surface area contributed by atoms with E-state index in [2.05, 4.69) is 45.6 Å². The molecule has 0 spiro atoms. The molecule has 328 valence electrons. The highest BCUT2D eigenvalue weighted by atomic mass is 16.6. The Morgan fingerprint density at radius 1 is 0.921 bits per heavy atom. The van der Waals surface area contributed by atoms with Gasteiger partial charge >= 0.3 is 12.2 Å². The number of primary amides is 1. The largest absolute Gasteiger partial charge is 0.488 e. The number of hydrogen-bond acceptors (Lipinski definition) is 10. The molecule has 9 rings (SSSR count). The maximum absolute atomic E-state index is 14.1. The summed E-state index contributed by atoms with van der Waals surface area (Å²) in [5.74, 6) is 1.57. The molecule has 63 heavy (non-hydrogen) atoms. The second-order valence-electron chi connectivity index (χ2n) is 17.1. The molecule has 5 aromatic rings. The summed E-state index contributed by atoms with van der Waals surface area (Å²) in [6.07, 6.45) is 2.75. The van der Waals surface area contributed by atoms with Crippen LogP contribution in [0, 0.1) is 11.8 Å². The number of alkyl carbamates (subject to hydrolysis) is 1. The van der Waals surface area contributed by atoms with Crippen molar-refractivity contribution in [2.75, 3.05) is 33.9 Å². The molecular formula is C47H52N8O8. The van der Waals surface area contributed by atoms with Gasteiger partial charge in [0.1, 0.15) is 30.0 Å². The minimum Gasteiger partial charge on any atom is -0.488 e. The van der Waals surface area contributed by atoms with Gasteiger partial charge in [0.25, 0.3) is 5.91 Å². The molecule has 0 bridgehead atoms. The van der Waals surface area contributed by atoms with Gasteiger partial charge in [-0.25, -0.2) is 19.6 Å². The first-order chi connectivity index (χ1) is 30.5. The van der Waals surface area contributed by atoms with E-state index in [0.29, 0.717) is 44.1 Å². The van der Waals surface area contributed by atoms with Crippen LogP contribution in [0.15, 0.2) is 66.9 Å². The number of imidazole rings is 2. The predicted octanol–water partition coefficient (Wildman–Crippen LogP) is 6.54. The number of aryl methyl sites for hydroxylation is 2. The molecular weight excluding hydrogens is 805 g/mol. The van der Waals surface area contributed by atoms with Crippen molar-refractivity contribution in [2.45, 2.75) is 76.8 Å². The number of carbonyl (C=O) groups excluding carboxylic acids is 4. The maximum atomic E-state index is 14.1. The number of nitrogens with two attached hydrogens (primary N) is 1. The number of aromatic nitrogens is 4. The van der Waals surface area contributed by atoms with E-state index < -0.39 is 30.4 Å². The quantitative estimate of drug-likeness (QED) is 0.113. The Hall–Kier alpha value is -6.68. The molecule has 5 N–H and O–H groups in total. The molecule has 5 atom stereocenters. The Balaban J connectivity index is 0.950. The third-order valence-corrected chi connectivity index (χ3v) is 12.8. The van der Waals surface area contributed by atoms with Gasteiger partial charge in [0.05, 0.1) is 43.4 Å². The van der Waals surface area contributed by atoms with E-state index in [1.165, 1.54) is 12.7 Å². The highest BCUT2D eigenvalue weighted by molar-refractivity contribution is 5.87. The van der Waals surface area contributed by atoms with Crippen LogP contribution < -0.4 is 15.8 Å². The van der Waals surface area contributed by atoms with Gasteiger partial charge < -0.3 is 49.8 Å². The normalized spacial score (nSPS) is 19.6. The Morgan fingerprint density at radius 2 is 1.75 bits per heavy atom. The highest BCUT2D eigenvalue weighted by Gasteiger charge is 2.42. The summed E-state index contributed by atoms with van der Waals surface area (Å²) in [6.45, 7) is 5.63. The van der Waals surface area contributed by atoms with Gasteiger partial charge in [-0.05, 0) is 78.5 Å². The van der Waals surface area contributed by atoms with Crippen molar-refractivity contribution >= 4 is 24.0 Å². The van der Waals surface area contributed by atoms with Crippen molar-refractivity contribution in [1.29, 1.82) is 0 Å². The average Bonchev–Trinajstić information content (AvgIpc) is 4.13. The minimum atomic E-state index is -1.20. The second kappa shape index (κ2) is 17.2. The molecule has 3 aromatic carbocycles. The van der Waals surface area contributed by atoms with Crippen molar-refractivity contribution in [3.8, 4) is 39.4 Å². The first-order valence-electron chi connectivity index (χ1n) is 21.5. The molecule has 16 nitrogen and oxygen atoms in total. The third kappa shape index (κ3) is 7.99. The molecule has 4 amide bonds. The van der Waals surface area contributed by atoms with Crippen LogP contribution in [-0.4, -0.2) is 93.7 Å². The molecule has 2 unspecified atom stereocenters. The van der Waals surface area contributed by atoms with Gasteiger partial charge in [0, 0.05) is 48.5 Å². The summed E-state index contributed by atoms with van der Waals surface area (Å²) in [5.41, 5.74) is 15.0. The number of hydrogen-bond donors (Lipinski definition) is 4. The lowest BCUT2D eigenvalue weighted by Crippen LogP contribution is -2.51. The number of nitrogens with one attached hydrogen (secondary N) is 3. The summed E-state index contributed by atoms with van der Waals surface area (Å²) in [6, 6.07) is 18.1. The number of carbonyl (C=O) groups is 4. The van der Waals surface area contributed by atoms with Gasteiger partial charge in [-0.2, -0.15) is 0 Å². The number of likely N-dealkylation sites (tertiary alicyclic amines) is 2. The van der Waals surface area contributed by atoms with Crippen molar-refractivity contribution in [2.24, 2.45) is 17.6 Å². The third-order valence-electron chi connectivity index (χ3n) is 12.8. The molecule has 1 aliphatic carbocycles. The average molecular weight is 857 g/mol. The van der Waals surface area contributed by atoms with E-state index in [9.17, 15) is 19.2 Å². The zero-order valence-corrected chi connectivity index (χ0v) is 35.8. The van der Waals surface area contributed by atoms with E-state index in [1.807, 2.05) is 24.8 Å². The fourth-order valence-electron chi connectivity index (χ4n) is 9.71. The van der Waals surface area contributed by atoms with Crippen LogP contribution in [0.3, 0.4) is 0 Å². The lowest BCUT2D eigenvalue weighted by Gasteiger charge is -2.30. The van der Waals surface area contributed by atoms with Gasteiger partial charge in [-0.15, -0.1) is 0 Å². The monoisotopic (exact) mass is 856 g/mol. The minimum absolute atomic E-state index is 0.0463. The van der Waals surface area contributed by atoms with Crippen LogP contribution in [-0.2, 0) is 43.2 Å². The van der Waals surface area contributed by atoms with Gasteiger partial charge in [0.15, 0.2) is 0 Å². The molecule has 2 aromatic heterocycles. The molecule has 4 aliphatic rings. The summed E-state index contributed by atoms with van der Waals surface area (Å²) < 4.78 is 22.1. The molecule has 2 fully saturated rings. The Kier molecular flexibility index (Phi) is 11.4. The zero-order chi connectivity index (χ0) is 43.9. The van der Waals surface area contributed by atoms with Crippen LogP contribution in [0.25, 0.3) is 33.6 Å².